The van der Waals surface area contributed by atoms with Crippen molar-refractivity contribution in [3.8, 4) is 5.75 Å². The van der Waals surface area contributed by atoms with Gasteiger partial charge in [0.15, 0.2) is 0 Å². The Bertz CT molecular complexity index is 501. The molecule has 0 amide bonds. The molecule has 0 aliphatic carbocycles. The highest BCUT2D eigenvalue weighted by molar-refractivity contribution is 8.13. The molecule has 0 bridgehead atoms. The molecule has 1 aliphatic heterocycles. The highest BCUT2D eigenvalue weighted by atomic mass is 35.7. The van der Waals surface area contributed by atoms with Gasteiger partial charge in [0.05, 0.1) is 18.0 Å². The fourth-order valence-electron chi connectivity index (χ4n) is 1.74. The minimum Gasteiger partial charge on any atom is -0.489 e. The highest BCUT2D eigenvalue weighted by Crippen LogP contribution is 2.35. The van der Waals surface area contributed by atoms with Crippen LogP contribution in [0.4, 0.5) is 5.69 Å². The fourth-order valence-corrected chi connectivity index (χ4v) is 2.69. The van der Waals surface area contributed by atoms with Crippen molar-refractivity contribution >= 4 is 25.4 Å². The predicted octanol–water partition coefficient (Wildman–Crippen LogP) is 1.58. The molecule has 1 aromatic rings. The first-order valence-corrected chi connectivity index (χ1v) is 7.33. The summed E-state index contributed by atoms with van der Waals surface area (Å²) in [4.78, 5) is 2.03. The van der Waals surface area contributed by atoms with Crippen LogP contribution in [-0.4, -0.2) is 28.6 Å². The first kappa shape index (κ1) is 11.5. The molecule has 0 N–H and O–H groups in total. The maximum Gasteiger partial charge on any atom is 0.236 e. The number of hydrogen-bond donors (Lipinski definition) is 0. The summed E-state index contributed by atoms with van der Waals surface area (Å²) in [5.41, 5.74) is 1.52. The molecule has 0 unspecified atom stereocenters. The molecule has 0 spiro atoms. The zero-order valence-corrected chi connectivity index (χ0v) is 10.4. The predicted molar refractivity (Wildman–Crippen MR) is 63.7 cm³/mol. The van der Waals surface area contributed by atoms with Crippen LogP contribution in [-0.2, 0) is 14.8 Å². The second-order valence-corrected chi connectivity index (χ2v) is 6.50. The number of nitrogens with zero attached hydrogens (tertiary/aromatic N) is 1. The Hall–Kier alpha value is -0.940. The number of ether oxygens (including phenoxy) is 1. The molecular formula is C10H12ClNO3S. The maximum absolute atomic E-state index is 11.1. The summed E-state index contributed by atoms with van der Waals surface area (Å²) in [6.07, 6.45) is 0. The second kappa shape index (κ2) is 4.14. The maximum atomic E-state index is 11.1. The van der Waals surface area contributed by atoms with Crippen LogP contribution in [0.3, 0.4) is 0 Å². The Morgan fingerprint density at radius 3 is 2.94 bits per heavy atom. The van der Waals surface area contributed by atoms with Gasteiger partial charge in [-0.1, -0.05) is 12.1 Å². The zero-order valence-electron chi connectivity index (χ0n) is 8.81. The lowest BCUT2D eigenvalue weighted by molar-refractivity contribution is 0.309. The fraction of sp³-hybridized carbons (Fsp3) is 0.400. The first-order chi connectivity index (χ1) is 7.47. The van der Waals surface area contributed by atoms with E-state index < -0.39 is 9.05 Å². The van der Waals surface area contributed by atoms with Gasteiger partial charge >= 0.3 is 0 Å². The second-order valence-electron chi connectivity index (χ2n) is 3.72. The van der Waals surface area contributed by atoms with Gasteiger partial charge in [0.2, 0.25) is 9.05 Å². The SMILES string of the molecule is CN1CCOc2c(CS(=O)(=O)Cl)cccc21. The molecule has 0 aromatic heterocycles. The van der Waals surface area contributed by atoms with Gasteiger partial charge in [-0.2, -0.15) is 0 Å². The van der Waals surface area contributed by atoms with Crippen LogP contribution >= 0.6 is 10.7 Å². The van der Waals surface area contributed by atoms with Crippen molar-refractivity contribution in [3.63, 3.8) is 0 Å². The van der Waals surface area contributed by atoms with Gasteiger partial charge in [-0.15, -0.1) is 0 Å². The molecule has 0 saturated heterocycles. The molecule has 0 atom stereocenters. The van der Waals surface area contributed by atoms with E-state index in [2.05, 4.69) is 0 Å². The van der Waals surface area contributed by atoms with Crippen molar-refractivity contribution in [2.45, 2.75) is 5.75 Å². The Balaban J connectivity index is 2.44. The van der Waals surface area contributed by atoms with Gasteiger partial charge in [-0.25, -0.2) is 8.42 Å². The van der Waals surface area contributed by atoms with Gasteiger partial charge in [0, 0.05) is 23.3 Å². The topological polar surface area (TPSA) is 46.6 Å². The van der Waals surface area contributed by atoms with Crippen LogP contribution in [0.25, 0.3) is 0 Å². The minimum absolute atomic E-state index is 0.203. The van der Waals surface area contributed by atoms with Crippen molar-refractivity contribution in [3.05, 3.63) is 23.8 Å². The molecule has 2 rings (SSSR count). The number of anilines is 1. The number of rotatable bonds is 2. The number of benzene rings is 1. The van der Waals surface area contributed by atoms with Crippen molar-refractivity contribution in [2.75, 3.05) is 25.1 Å². The number of fused-ring (bicyclic) bond motifs is 1. The normalized spacial score (nSPS) is 15.5. The summed E-state index contributed by atoms with van der Waals surface area (Å²) in [6, 6.07) is 5.43. The summed E-state index contributed by atoms with van der Waals surface area (Å²) >= 11 is 0. The van der Waals surface area contributed by atoms with Crippen LogP contribution in [0.2, 0.25) is 0 Å². The molecule has 1 aromatic carbocycles. The van der Waals surface area contributed by atoms with Gasteiger partial charge in [-0.3, -0.25) is 0 Å². The van der Waals surface area contributed by atoms with Crippen LogP contribution < -0.4 is 9.64 Å². The molecule has 1 aliphatic rings. The Morgan fingerprint density at radius 2 is 2.25 bits per heavy atom. The van der Waals surface area contributed by atoms with E-state index in [1.807, 2.05) is 18.0 Å². The first-order valence-electron chi connectivity index (χ1n) is 4.85. The van der Waals surface area contributed by atoms with E-state index in [0.29, 0.717) is 17.9 Å². The quantitative estimate of drug-likeness (QED) is 0.759. The molecule has 1 heterocycles. The Labute approximate surface area is 99.2 Å². The molecule has 0 fully saturated rings. The molecule has 0 radical (unpaired) electrons. The highest BCUT2D eigenvalue weighted by Gasteiger charge is 2.20. The number of hydrogen-bond acceptors (Lipinski definition) is 4. The smallest absolute Gasteiger partial charge is 0.236 e. The van der Waals surface area contributed by atoms with E-state index in [-0.39, 0.29) is 5.75 Å². The minimum atomic E-state index is -3.55. The van der Waals surface area contributed by atoms with Gasteiger partial charge in [0.1, 0.15) is 12.4 Å². The van der Waals surface area contributed by atoms with E-state index in [0.717, 1.165) is 12.2 Å². The number of likely N-dealkylation sites (N-methyl/N-ethyl adjacent to an activating group) is 1. The standard InChI is InChI=1S/C10H12ClNO3S/c1-12-5-6-15-10-8(7-16(11,13)14)3-2-4-9(10)12/h2-4H,5-7H2,1H3. The van der Waals surface area contributed by atoms with Gasteiger partial charge < -0.3 is 9.64 Å². The zero-order chi connectivity index (χ0) is 11.8. The number of para-hydroxylation sites is 1. The summed E-state index contributed by atoms with van der Waals surface area (Å²) in [7, 11) is 3.64. The van der Waals surface area contributed by atoms with Crippen molar-refractivity contribution in [1.82, 2.24) is 0 Å². The van der Waals surface area contributed by atoms with E-state index in [1.54, 1.807) is 12.1 Å². The monoisotopic (exact) mass is 261 g/mol. The summed E-state index contributed by atoms with van der Waals surface area (Å²) in [5, 5.41) is 0. The summed E-state index contributed by atoms with van der Waals surface area (Å²) < 4.78 is 27.6. The van der Waals surface area contributed by atoms with Crippen molar-refractivity contribution < 1.29 is 13.2 Å². The van der Waals surface area contributed by atoms with Gasteiger partial charge in [-0.05, 0) is 6.07 Å². The third-order valence-electron chi connectivity index (χ3n) is 2.49. The third kappa shape index (κ3) is 2.41. The lowest BCUT2D eigenvalue weighted by atomic mass is 10.1. The number of halogens is 1. The largest absolute Gasteiger partial charge is 0.489 e. The van der Waals surface area contributed by atoms with E-state index in [1.165, 1.54) is 0 Å². The lowest BCUT2D eigenvalue weighted by Crippen LogP contribution is -2.29. The summed E-state index contributed by atoms with van der Waals surface area (Å²) in [5.74, 6) is 0.423. The van der Waals surface area contributed by atoms with Crippen LogP contribution in [0.1, 0.15) is 5.56 Å². The molecule has 16 heavy (non-hydrogen) atoms. The van der Waals surface area contributed by atoms with Crippen molar-refractivity contribution in [2.24, 2.45) is 0 Å². The van der Waals surface area contributed by atoms with E-state index in [4.69, 9.17) is 15.4 Å². The van der Waals surface area contributed by atoms with Crippen LogP contribution in [0.5, 0.6) is 5.75 Å². The Morgan fingerprint density at radius 1 is 1.50 bits per heavy atom. The van der Waals surface area contributed by atoms with Gasteiger partial charge in [0.25, 0.3) is 0 Å². The average Bonchev–Trinajstić information content (AvgIpc) is 2.17. The van der Waals surface area contributed by atoms with Crippen molar-refractivity contribution in [1.29, 1.82) is 0 Å². The molecule has 4 nitrogen and oxygen atoms in total. The molecule has 88 valence electrons. The Kier molecular flexibility index (Phi) is 2.99. The molecule has 0 saturated carbocycles. The lowest BCUT2D eigenvalue weighted by Gasteiger charge is -2.29. The third-order valence-corrected chi connectivity index (χ3v) is 3.47. The van der Waals surface area contributed by atoms with Crippen LogP contribution in [0, 0.1) is 0 Å². The average molecular weight is 262 g/mol. The van der Waals surface area contributed by atoms with E-state index >= 15 is 0 Å². The van der Waals surface area contributed by atoms with Crippen LogP contribution in [0.15, 0.2) is 18.2 Å². The molecule has 6 heteroatoms. The van der Waals surface area contributed by atoms with E-state index in [9.17, 15) is 8.42 Å². The summed E-state index contributed by atoms with van der Waals surface area (Å²) in [6.45, 7) is 1.35. The molecular weight excluding hydrogens is 250 g/mol.